The third kappa shape index (κ3) is 1.66. The van der Waals surface area contributed by atoms with Crippen LogP contribution in [0.25, 0.3) is 0 Å². The first-order chi connectivity index (χ1) is 8.18. The van der Waals surface area contributed by atoms with Crippen molar-refractivity contribution in [2.45, 2.75) is 26.2 Å². The van der Waals surface area contributed by atoms with Gasteiger partial charge < -0.3 is 9.47 Å². The first-order valence-corrected chi connectivity index (χ1v) is 6.59. The standard InChI is InChI=1S/C13H13BrO3/c1-7(15)6-10-8-2-4-17-13(8)11(14)9-3-5-16-12(9)10/h2-6H2,1H3. The molecule has 0 saturated heterocycles. The van der Waals surface area contributed by atoms with Crippen LogP contribution in [-0.4, -0.2) is 19.0 Å². The summed E-state index contributed by atoms with van der Waals surface area (Å²) in [4.78, 5) is 11.4. The molecule has 2 heterocycles. The van der Waals surface area contributed by atoms with Crippen LogP contribution in [0, 0.1) is 0 Å². The summed E-state index contributed by atoms with van der Waals surface area (Å²) in [5, 5.41) is 0. The lowest BCUT2D eigenvalue weighted by atomic mass is 9.96. The Balaban J connectivity index is 2.22. The molecule has 0 saturated carbocycles. The Morgan fingerprint density at radius 3 is 2.53 bits per heavy atom. The van der Waals surface area contributed by atoms with E-state index in [1.807, 2.05) is 0 Å². The van der Waals surface area contributed by atoms with Crippen LogP contribution in [0.3, 0.4) is 0 Å². The van der Waals surface area contributed by atoms with Crippen molar-refractivity contribution in [3.8, 4) is 11.5 Å². The van der Waals surface area contributed by atoms with Crippen molar-refractivity contribution in [3.63, 3.8) is 0 Å². The molecule has 2 aliphatic rings. The molecule has 0 fully saturated rings. The highest BCUT2D eigenvalue weighted by Crippen LogP contribution is 2.47. The van der Waals surface area contributed by atoms with E-state index in [0.29, 0.717) is 19.6 Å². The maximum absolute atomic E-state index is 11.4. The number of fused-ring (bicyclic) bond motifs is 2. The lowest BCUT2D eigenvalue weighted by Gasteiger charge is -2.13. The number of rotatable bonds is 2. The summed E-state index contributed by atoms with van der Waals surface area (Å²) in [5.41, 5.74) is 3.34. The molecule has 2 aliphatic heterocycles. The topological polar surface area (TPSA) is 35.5 Å². The third-order valence-corrected chi connectivity index (χ3v) is 4.11. The molecule has 17 heavy (non-hydrogen) atoms. The van der Waals surface area contributed by atoms with E-state index >= 15 is 0 Å². The molecular formula is C13H13BrO3. The highest BCUT2D eigenvalue weighted by molar-refractivity contribution is 9.10. The van der Waals surface area contributed by atoms with Crippen molar-refractivity contribution < 1.29 is 14.3 Å². The Morgan fingerprint density at radius 2 is 1.82 bits per heavy atom. The lowest BCUT2D eigenvalue weighted by Crippen LogP contribution is -2.03. The zero-order chi connectivity index (χ0) is 12.0. The van der Waals surface area contributed by atoms with Crippen molar-refractivity contribution in [1.29, 1.82) is 0 Å². The number of carbonyl (C=O) groups is 1. The van der Waals surface area contributed by atoms with Gasteiger partial charge in [0.2, 0.25) is 0 Å². The first-order valence-electron chi connectivity index (χ1n) is 5.79. The first kappa shape index (κ1) is 11.1. The number of Topliss-reactive ketones (excluding diaryl/α,β-unsaturated/α-hetero) is 1. The summed E-state index contributed by atoms with van der Waals surface area (Å²) in [6.07, 6.45) is 2.20. The average Bonchev–Trinajstić information content (AvgIpc) is 2.92. The van der Waals surface area contributed by atoms with Crippen LogP contribution in [0.5, 0.6) is 11.5 Å². The summed E-state index contributed by atoms with van der Waals surface area (Å²) >= 11 is 3.59. The minimum absolute atomic E-state index is 0.166. The van der Waals surface area contributed by atoms with Gasteiger partial charge in [0, 0.05) is 36.0 Å². The van der Waals surface area contributed by atoms with Gasteiger partial charge in [-0.1, -0.05) is 0 Å². The van der Waals surface area contributed by atoms with Crippen LogP contribution in [0.1, 0.15) is 23.6 Å². The Kier molecular flexibility index (Phi) is 2.62. The number of ketones is 1. The van der Waals surface area contributed by atoms with Gasteiger partial charge in [0.25, 0.3) is 0 Å². The van der Waals surface area contributed by atoms with Gasteiger partial charge >= 0.3 is 0 Å². The molecule has 1 aromatic carbocycles. The largest absolute Gasteiger partial charge is 0.493 e. The normalized spacial score (nSPS) is 16.1. The molecule has 0 radical (unpaired) electrons. The van der Waals surface area contributed by atoms with Crippen molar-refractivity contribution >= 4 is 21.7 Å². The average molecular weight is 297 g/mol. The lowest BCUT2D eigenvalue weighted by molar-refractivity contribution is -0.116. The summed E-state index contributed by atoms with van der Waals surface area (Å²) < 4.78 is 12.4. The van der Waals surface area contributed by atoms with Gasteiger partial charge in [0.15, 0.2) is 0 Å². The van der Waals surface area contributed by atoms with Gasteiger partial charge in [-0.3, -0.25) is 4.79 Å². The zero-order valence-electron chi connectivity index (χ0n) is 9.64. The molecule has 0 unspecified atom stereocenters. The van der Waals surface area contributed by atoms with E-state index < -0.39 is 0 Å². The minimum atomic E-state index is 0.166. The molecule has 3 nitrogen and oxygen atoms in total. The van der Waals surface area contributed by atoms with Gasteiger partial charge in [-0.25, -0.2) is 0 Å². The number of carbonyl (C=O) groups excluding carboxylic acids is 1. The molecule has 0 atom stereocenters. The van der Waals surface area contributed by atoms with Gasteiger partial charge in [-0.15, -0.1) is 0 Å². The summed E-state index contributed by atoms with van der Waals surface area (Å²) in [7, 11) is 0. The van der Waals surface area contributed by atoms with Crippen molar-refractivity contribution in [2.75, 3.05) is 13.2 Å². The highest BCUT2D eigenvalue weighted by atomic mass is 79.9. The van der Waals surface area contributed by atoms with Crippen molar-refractivity contribution in [2.24, 2.45) is 0 Å². The molecule has 1 aromatic rings. The third-order valence-electron chi connectivity index (χ3n) is 3.27. The second-order valence-corrected chi connectivity index (χ2v) is 5.28. The second kappa shape index (κ2) is 4.02. The number of hydrogen-bond donors (Lipinski definition) is 0. The van der Waals surface area contributed by atoms with Crippen molar-refractivity contribution in [3.05, 3.63) is 21.2 Å². The zero-order valence-corrected chi connectivity index (χ0v) is 11.2. The predicted octanol–water partition coefficient (Wildman–Crippen LogP) is 2.45. The number of halogens is 1. The van der Waals surface area contributed by atoms with E-state index in [-0.39, 0.29) is 5.78 Å². The molecule has 90 valence electrons. The maximum Gasteiger partial charge on any atom is 0.137 e. The van der Waals surface area contributed by atoms with Crippen molar-refractivity contribution in [1.82, 2.24) is 0 Å². The monoisotopic (exact) mass is 296 g/mol. The Hall–Kier alpha value is -1.03. The van der Waals surface area contributed by atoms with Crippen LogP contribution >= 0.6 is 15.9 Å². The van der Waals surface area contributed by atoms with Gasteiger partial charge in [-0.05, 0) is 22.9 Å². The van der Waals surface area contributed by atoms with Gasteiger partial charge in [0.05, 0.1) is 17.7 Å². The molecule has 0 aliphatic carbocycles. The van der Waals surface area contributed by atoms with E-state index in [1.54, 1.807) is 6.92 Å². The molecule has 0 amide bonds. The Morgan fingerprint density at radius 1 is 1.18 bits per heavy atom. The maximum atomic E-state index is 11.4. The molecule has 0 bridgehead atoms. The number of benzene rings is 1. The molecule has 0 N–H and O–H groups in total. The fourth-order valence-corrected chi connectivity index (χ4v) is 3.32. The molecule has 0 aromatic heterocycles. The summed E-state index contributed by atoms with van der Waals surface area (Å²) in [6.45, 7) is 3.01. The SMILES string of the molecule is CC(=O)Cc1c2c(c(Br)c3c1OCC3)OCC2. The predicted molar refractivity (Wildman–Crippen MR) is 66.9 cm³/mol. The smallest absolute Gasteiger partial charge is 0.137 e. The van der Waals surface area contributed by atoms with Crippen LogP contribution in [-0.2, 0) is 24.1 Å². The molecule has 0 spiro atoms. The Labute approximate surface area is 108 Å². The van der Waals surface area contributed by atoms with E-state index in [0.717, 1.165) is 45.5 Å². The molecule has 3 rings (SSSR count). The van der Waals surface area contributed by atoms with Crippen LogP contribution in [0.2, 0.25) is 0 Å². The van der Waals surface area contributed by atoms with Gasteiger partial charge in [0.1, 0.15) is 17.3 Å². The second-order valence-electron chi connectivity index (χ2n) is 4.48. The van der Waals surface area contributed by atoms with E-state index in [9.17, 15) is 4.79 Å². The van der Waals surface area contributed by atoms with E-state index in [2.05, 4.69) is 15.9 Å². The summed E-state index contributed by atoms with van der Waals surface area (Å²) in [6, 6.07) is 0. The van der Waals surface area contributed by atoms with Crippen LogP contribution in [0.4, 0.5) is 0 Å². The van der Waals surface area contributed by atoms with Crippen LogP contribution in [0.15, 0.2) is 4.47 Å². The fraction of sp³-hybridized carbons (Fsp3) is 0.462. The molecular weight excluding hydrogens is 284 g/mol. The van der Waals surface area contributed by atoms with Crippen LogP contribution < -0.4 is 9.47 Å². The van der Waals surface area contributed by atoms with E-state index in [1.165, 1.54) is 0 Å². The molecule has 4 heteroatoms. The number of ether oxygens (including phenoxy) is 2. The number of hydrogen-bond acceptors (Lipinski definition) is 3. The Bertz CT molecular complexity index is 473. The van der Waals surface area contributed by atoms with E-state index in [4.69, 9.17) is 9.47 Å². The van der Waals surface area contributed by atoms with Gasteiger partial charge in [-0.2, -0.15) is 0 Å². The fourth-order valence-electron chi connectivity index (χ4n) is 2.58. The quantitative estimate of drug-likeness (QED) is 0.841. The minimum Gasteiger partial charge on any atom is -0.493 e. The summed E-state index contributed by atoms with van der Waals surface area (Å²) in [5.74, 6) is 2.00. The highest BCUT2D eigenvalue weighted by Gasteiger charge is 2.30.